The summed E-state index contributed by atoms with van der Waals surface area (Å²) in [6.07, 6.45) is 1.66. The minimum Gasteiger partial charge on any atom is -0.353 e. The van der Waals surface area contributed by atoms with Gasteiger partial charge in [0.1, 0.15) is 0 Å². The number of carbonyl (C=O) groups excluding carboxylic acids is 1. The first kappa shape index (κ1) is 13.2. The summed E-state index contributed by atoms with van der Waals surface area (Å²) in [4.78, 5) is 13.1. The third kappa shape index (κ3) is 3.61. The van der Waals surface area contributed by atoms with Crippen LogP contribution in [0.2, 0.25) is 0 Å². The molecule has 1 aromatic rings. The zero-order chi connectivity index (χ0) is 12.0. The lowest BCUT2D eigenvalue weighted by Crippen LogP contribution is -2.36. The van der Waals surface area contributed by atoms with Gasteiger partial charge in [-0.2, -0.15) is 0 Å². The minimum atomic E-state index is -0.0843. The van der Waals surface area contributed by atoms with Gasteiger partial charge in [-0.15, -0.1) is 11.3 Å². The summed E-state index contributed by atoms with van der Waals surface area (Å²) in [5.41, 5.74) is 5.56. The van der Waals surface area contributed by atoms with Crippen LogP contribution in [0.25, 0.3) is 0 Å². The van der Waals surface area contributed by atoms with Gasteiger partial charge in [-0.25, -0.2) is 0 Å². The molecule has 90 valence electrons. The third-order valence-electron chi connectivity index (χ3n) is 2.66. The molecule has 0 spiro atoms. The van der Waals surface area contributed by atoms with Gasteiger partial charge in [0.25, 0.3) is 0 Å². The molecule has 4 heteroatoms. The first-order valence-electron chi connectivity index (χ1n) is 5.72. The number of thiophene rings is 1. The van der Waals surface area contributed by atoms with Gasteiger partial charge in [0, 0.05) is 10.9 Å². The molecule has 2 atom stereocenters. The predicted molar refractivity (Wildman–Crippen MR) is 68.6 cm³/mol. The fourth-order valence-corrected chi connectivity index (χ4v) is 2.36. The Kier molecular flexibility index (Phi) is 5.49. The second-order valence-electron chi connectivity index (χ2n) is 3.96. The van der Waals surface area contributed by atoms with E-state index in [1.165, 1.54) is 0 Å². The maximum absolute atomic E-state index is 12.0. The van der Waals surface area contributed by atoms with E-state index in [2.05, 4.69) is 12.2 Å². The average molecular weight is 240 g/mol. The van der Waals surface area contributed by atoms with Crippen molar-refractivity contribution in [1.29, 1.82) is 0 Å². The average Bonchev–Trinajstić information content (AvgIpc) is 2.78. The number of amides is 1. The van der Waals surface area contributed by atoms with E-state index in [1.807, 2.05) is 24.4 Å². The van der Waals surface area contributed by atoms with Gasteiger partial charge >= 0.3 is 0 Å². The molecule has 0 aliphatic carbocycles. The molecule has 0 aliphatic heterocycles. The lowest BCUT2D eigenvalue weighted by molar-refractivity contribution is -0.123. The predicted octanol–water partition coefficient (Wildman–Crippen LogP) is 2.10. The Bertz CT molecular complexity index is 311. The molecule has 0 saturated heterocycles. The minimum absolute atomic E-state index is 0.0843. The number of hydrogen-bond acceptors (Lipinski definition) is 3. The molecule has 0 fully saturated rings. The Morgan fingerprint density at radius 2 is 2.38 bits per heavy atom. The summed E-state index contributed by atoms with van der Waals surface area (Å²) in [7, 11) is 0. The molecule has 0 saturated carbocycles. The molecule has 0 radical (unpaired) electrons. The van der Waals surface area contributed by atoms with Crippen LogP contribution < -0.4 is 11.1 Å². The van der Waals surface area contributed by atoms with Crippen molar-refractivity contribution in [2.75, 3.05) is 6.54 Å². The second kappa shape index (κ2) is 6.66. The molecule has 0 aromatic carbocycles. The number of rotatable bonds is 6. The van der Waals surface area contributed by atoms with Gasteiger partial charge in [-0.05, 0) is 37.8 Å². The lowest BCUT2D eigenvalue weighted by Gasteiger charge is -2.18. The normalized spacial score (nSPS) is 14.4. The maximum Gasteiger partial charge on any atom is 0.228 e. The van der Waals surface area contributed by atoms with Crippen LogP contribution in [0.5, 0.6) is 0 Å². The molecule has 16 heavy (non-hydrogen) atoms. The topological polar surface area (TPSA) is 55.1 Å². The number of hydrogen-bond donors (Lipinski definition) is 2. The Labute approximate surface area is 101 Å². The molecule has 1 aromatic heterocycles. The van der Waals surface area contributed by atoms with Crippen LogP contribution >= 0.6 is 11.3 Å². The molecule has 3 N–H and O–H groups in total. The number of nitrogens with two attached hydrogens (primary N) is 1. The van der Waals surface area contributed by atoms with E-state index < -0.39 is 0 Å². The molecule has 0 bridgehead atoms. The van der Waals surface area contributed by atoms with Crippen LogP contribution in [-0.2, 0) is 4.79 Å². The Morgan fingerprint density at radius 1 is 1.62 bits per heavy atom. The van der Waals surface area contributed by atoms with Gasteiger partial charge in [0.05, 0.1) is 5.92 Å². The summed E-state index contributed by atoms with van der Waals surface area (Å²) >= 11 is 1.62. The molecule has 0 aliphatic rings. The summed E-state index contributed by atoms with van der Waals surface area (Å²) in [5.74, 6) is 0.0150. The number of carbonyl (C=O) groups is 1. The summed E-state index contributed by atoms with van der Waals surface area (Å²) < 4.78 is 0. The highest BCUT2D eigenvalue weighted by Gasteiger charge is 2.21. The molecular formula is C12H20N2OS. The lowest BCUT2D eigenvalue weighted by atomic mass is 10.0. The highest BCUT2D eigenvalue weighted by molar-refractivity contribution is 7.10. The largest absolute Gasteiger partial charge is 0.353 e. The van der Waals surface area contributed by atoms with Gasteiger partial charge in [-0.3, -0.25) is 4.79 Å². The van der Waals surface area contributed by atoms with Crippen LogP contribution in [0.15, 0.2) is 17.5 Å². The van der Waals surface area contributed by atoms with Crippen molar-refractivity contribution in [3.05, 3.63) is 22.4 Å². The molecule has 1 heterocycles. The van der Waals surface area contributed by atoms with Crippen LogP contribution in [0.1, 0.15) is 37.5 Å². The van der Waals surface area contributed by atoms with E-state index in [0.717, 1.165) is 11.3 Å². The molecular weight excluding hydrogens is 220 g/mol. The molecule has 3 nitrogen and oxygen atoms in total. The highest BCUT2D eigenvalue weighted by atomic mass is 32.1. The van der Waals surface area contributed by atoms with Crippen LogP contribution in [0.4, 0.5) is 0 Å². The van der Waals surface area contributed by atoms with Gasteiger partial charge in [-0.1, -0.05) is 13.0 Å². The fraction of sp³-hybridized carbons (Fsp3) is 0.583. The Hall–Kier alpha value is -0.870. The van der Waals surface area contributed by atoms with Crippen molar-refractivity contribution < 1.29 is 4.79 Å². The van der Waals surface area contributed by atoms with E-state index >= 15 is 0 Å². The maximum atomic E-state index is 12.0. The smallest absolute Gasteiger partial charge is 0.228 e. The summed E-state index contributed by atoms with van der Waals surface area (Å²) in [5, 5.41) is 5.01. The Morgan fingerprint density at radius 3 is 2.88 bits per heavy atom. The van der Waals surface area contributed by atoms with Gasteiger partial charge < -0.3 is 11.1 Å². The summed E-state index contributed by atoms with van der Waals surface area (Å²) in [6.45, 7) is 4.62. The van der Waals surface area contributed by atoms with Crippen LogP contribution in [0, 0.1) is 0 Å². The van der Waals surface area contributed by atoms with E-state index in [0.29, 0.717) is 13.0 Å². The molecule has 2 unspecified atom stereocenters. The molecule has 1 amide bonds. The standard InChI is InChI=1S/C12H20N2OS/c1-3-9(2)14-12(15)10(6-7-13)11-5-4-8-16-11/h4-5,8-10H,3,6-7,13H2,1-2H3,(H,14,15). The second-order valence-corrected chi connectivity index (χ2v) is 4.94. The summed E-state index contributed by atoms with van der Waals surface area (Å²) in [6, 6.07) is 4.20. The van der Waals surface area contributed by atoms with E-state index in [4.69, 9.17) is 5.73 Å². The highest BCUT2D eigenvalue weighted by Crippen LogP contribution is 2.24. The van der Waals surface area contributed by atoms with Crippen molar-refractivity contribution in [1.82, 2.24) is 5.32 Å². The van der Waals surface area contributed by atoms with Gasteiger partial charge in [0.2, 0.25) is 5.91 Å². The number of nitrogens with one attached hydrogen (secondary N) is 1. The van der Waals surface area contributed by atoms with E-state index in [1.54, 1.807) is 11.3 Å². The zero-order valence-corrected chi connectivity index (χ0v) is 10.7. The SMILES string of the molecule is CCC(C)NC(=O)C(CCN)c1cccs1. The van der Waals surface area contributed by atoms with Crippen molar-refractivity contribution in [3.8, 4) is 0 Å². The van der Waals surface area contributed by atoms with Crippen LogP contribution in [-0.4, -0.2) is 18.5 Å². The third-order valence-corrected chi connectivity index (χ3v) is 3.65. The molecule has 1 rings (SSSR count). The van der Waals surface area contributed by atoms with Crippen molar-refractivity contribution in [3.63, 3.8) is 0 Å². The Balaban J connectivity index is 2.67. The van der Waals surface area contributed by atoms with Crippen molar-refractivity contribution >= 4 is 17.2 Å². The first-order valence-corrected chi connectivity index (χ1v) is 6.60. The monoisotopic (exact) mass is 240 g/mol. The quantitative estimate of drug-likeness (QED) is 0.800. The van der Waals surface area contributed by atoms with Crippen molar-refractivity contribution in [2.45, 2.75) is 38.6 Å². The van der Waals surface area contributed by atoms with E-state index in [9.17, 15) is 4.79 Å². The van der Waals surface area contributed by atoms with Crippen LogP contribution in [0.3, 0.4) is 0 Å². The van der Waals surface area contributed by atoms with E-state index in [-0.39, 0.29) is 17.9 Å². The first-order chi connectivity index (χ1) is 7.69. The fourth-order valence-electron chi connectivity index (χ4n) is 1.50. The van der Waals surface area contributed by atoms with Crippen molar-refractivity contribution in [2.24, 2.45) is 5.73 Å². The van der Waals surface area contributed by atoms with Gasteiger partial charge in [0.15, 0.2) is 0 Å². The zero-order valence-electron chi connectivity index (χ0n) is 9.90.